The first kappa shape index (κ1) is 18.9. The van der Waals surface area contributed by atoms with Crippen molar-refractivity contribution in [1.82, 2.24) is 0 Å². The van der Waals surface area contributed by atoms with E-state index in [2.05, 4.69) is 6.58 Å². The number of benzene rings is 1. The van der Waals surface area contributed by atoms with Crippen LogP contribution < -0.4 is 0 Å². The van der Waals surface area contributed by atoms with Crippen molar-refractivity contribution in [3.05, 3.63) is 47.5 Å². The Morgan fingerprint density at radius 3 is 2.36 bits per heavy atom. The highest BCUT2D eigenvalue weighted by Gasteiger charge is 2.21. The number of esters is 2. The fourth-order valence-electron chi connectivity index (χ4n) is 2.68. The summed E-state index contributed by atoms with van der Waals surface area (Å²) in [6.45, 7) is 5.16. The highest BCUT2D eigenvalue weighted by molar-refractivity contribution is 5.98. The molecule has 1 fully saturated rings. The number of rotatable bonds is 7. The molecule has 5 heteroatoms. The molecule has 134 valence electrons. The van der Waals surface area contributed by atoms with E-state index in [1.807, 2.05) is 19.1 Å². The summed E-state index contributed by atoms with van der Waals surface area (Å²) in [4.78, 5) is 35.7. The van der Waals surface area contributed by atoms with Crippen LogP contribution in [-0.4, -0.2) is 30.4 Å². The third-order valence-electron chi connectivity index (χ3n) is 4.21. The van der Waals surface area contributed by atoms with Crippen LogP contribution in [0.15, 0.2) is 36.4 Å². The van der Waals surface area contributed by atoms with E-state index in [-0.39, 0.29) is 30.5 Å². The van der Waals surface area contributed by atoms with Gasteiger partial charge in [-0.1, -0.05) is 42.8 Å². The molecule has 0 amide bonds. The van der Waals surface area contributed by atoms with Crippen LogP contribution in [0.25, 0.3) is 0 Å². The van der Waals surface area contributed by atoms with Crippen molar-refractivity contribution in [2.24, 2.45) is 0 Å². The smallest absolute Gasteiger partial charge is 0.334 e. The van der Waals surface area contributed by atoms with Crippen molar-refractivity contribution in [3.63, 3.8) is 0 Å². The number of carbonyl (C=O) groups excluding carboxylic acids is 3. The van der Waals surface area contributed by atoms with E-state index in [1.165, 1.54) is 0 Å². The third-order valence-corrected chi connectivity index (χ3v) is 4.21. The molecule has 1 aromatic rings. The summed E-state index contributed by atoms with van der Waals surface area (Å²) in [5.41, 5.74) is 1.58. The standard InChI is InChI=1S/C20H24O5/c1-14-8-10-16(11-9-14)18(21)13-24-19(22)12-15(2)20(23)25-17-6-4-3-5-7-17/h8-11,17H,2-7,12-13H2,1H3. The molecular formula is C20H24O5. The molecule has 0 N–H and O–H groups in total. The number of hydrogen-bond donors (Lipinski definition) is 0. The zero-order chi connectivity index (χ0) is 18.2. The van der Waals surface area contributed by atoms with Gasteiger partial charge in [-0.15, -0.1) is 0 Å². The monoisotopic (exact) mass is 344 g/mol. The molecule has 25 heavy (non-hydrogen) atoms. The van der Waals surface area contributed by atoms with Crippen LogP contribution in [0.3, 0.4) is 0 Å². The van der Waals surface area contributed by atoms with E-state index in [0.717, 1.165) is 37.7 Å². The predicted octanol–water partition coefficient (Wildman–Crippen LogP) is 3.54. The quantitative estimate of drug-likeness (QED) is 0.430. The van der Waals surface area contributed by atoms with Crippen molar-refractivity contribution < 1.29 is 23.9 Å². The molecule has 0 spiro atoms. The minimum absolute atomic E-state index is 0.0540. The number of aryl methyl sites for hydroxylation is 1. The Bertz CT molecular complexity index is 639. The molecule has 1 saturated carbocycles. The van der Waals surface area contributed by atoms with Crippen LogP contribution in [-0.2, 0) is 19.1 Å². The molecule has 2 rings (SSSR count). The minimum atomic E-state index is -0.661. The zero-order valence-electron chi connectivity index (χ0n) is 14.6. The molecular weight excluding hydrogens is 320 g/mol. The third kappa shape index (κ3) is 6.18. The Hall–Kier alpha value is -2.43. The topological polar surface area (TPSA) is 69.7 Å². The summed E-state index contributed by atoms with van der Waals surface area (Å²) in [6, 6.07) is 7.01. The Kier molecular flexibility index (Phi) is 6.92. The van der Waals surface area contributed by atoms with Crippen LogP contribution in [0.1, 0.15) is 54.4 Å². The van der Waals surface area contributed by atoms with Gasteiger partial charge < -0.3 is 9.47 Å². The van der Waals surface area contributed by atoms with E-state index in [0.29, 0.717) is 5.56 Å². The van der Waals surface area contributed by atoms with Crippen molar-refractivity contribution in [2.75, 3.05) is 6.61 Å². The van der Waals surface area contributed by atoms with Gasteiger partial charge in [0.15, 0.2) is 12.4 Å². The second-order valence-corrected chi connectivity index (χ2v) is 6.40. The van der Waals surface area contributed by atoms with Gasteiger partial charge in [0.2, 0.25) is 0 Å². The van der Waals surface area contributed by atoms with E-state index in [9.17, 15) is 14.4 Å². The summed E-state index contributed by atoms with van der Waals surface area (Å²) in [5.74, 6) is -1.51. The van der Waals surface area contributed by atoms with Crippen LogP contribution in [0.4, 0.5) is 0 Å². The fourth-order valence-corrected chi connectivity index (χ4v) is 2.68. The Morgan fingerprint density at radius 2 is 1.72 bits per heavy atom. The van der Waals surface area contributed by atoms with Gasteiger partial charge in [-0.2, -0.15) is 0 Å². The maximum atomic E-state index is 12.0. The second-order valence-electron chi connectivity index (χ2n) is 6.40. The lowest BCUT2D eigenvalue weighted by Gasteiger charge is -2.22. The Labute approximate surface area is 148 Å². The number of carbonyl (C=O) groups is 3. The molecule has 5 nitrogen and oxygen atoms in total. The van der Waals surface area contributed by atoms with Gasteiger partial charge in [-0.25, -0.2) is 4.79 Å². The van der Waals surface area contributed by atoms with Crippen LogP contribution in [0.5, 0.6) is 0 Å². The van der Waals surface area contributed by atoms with Crippen LogP contribution in [0.2, 0.25) is 0 Å². The highest BCUT2D eigenvalue weighted by Crippen LogP contribution is 2.21. The first-order chi connectivity index (χ1) is 12.0. The van der Waals surface area contributed by atoms with Crippen molar-refractivity contribution >= 4 is 17.7 Å². The number of hydrogen-bond acceptors (Lipinski definition) is 5. The average molecular weight is 344 g/mol. The van der Waals surface area contributed by atoms with E-state index in [1.54, 1.807) is 12.1 Å². The van der Waals surface area contributed by atoms with E-state index in [4.69, 9.17) is 9.47 Å². The summed E-state index contributed by atoms with van der Waals surface area (Å²) < 4.78 is 10.3. The molecule has 0 bridgehead atoms. The second kappa shape index (κ2) is 9.16. The van der Waals surface area contributed by atoms with Gasteiger partial charge in [0.05, 0.1) is 6.42 Å². The molecule has 1 aromatic carbocycles. The molecule has 0 heterocycles. The van der Waals surface area contributed by atoms with Gasteiger partial charge in [0, 0.05) is 11.1 Å². The van der Waals surface area contributed by atoms with Crippen molar-refractivity contribution in [2.45, 2.75) is 51.6 Å². The molecule has 0 aliphatic heterocycles. The van der Waals surface area contributed by atoms with Crippen LogP contribution >= 0.6 is 0 Å². The maximum absolute atomic E-state index is 12.0. The number of ketones is 1. The Morgan fingerprint density at radius 1 is 1.08 bits per heavy atom. The predicted molar refractivity (Wildman–Crippen MR) is 93.2 cm³/mol. The molecule has 1 aliphatic rings. The van der Waals surface area contributed by atoms with Gasteiger partial charge >= 0.3 is 11.9 Å². The first-order valence-corrected chi connectivity index (χ1v) is 8.60. The lowest BCUT2D eigenvalue weighted by molar-refractivity contribution is -0.149. The van der Waals surface area contributed by atoms with E-state index >= 15 is 0 Å². The SMILES string of the molecule is C=C(CC(=O)OCC(=O)c1ccc(C)cc1)C(=O)OC1CCCCC1. The van der Waals surface area contributed by atoms with Gasteiger partial charge in [-0.3, -0.25) is 9.59 Å². The van der Waals surface area contributed by atoms with E-state index < -0.39 is 11.9 Å². The lowest BCUT2D eigenvalue weighted by Crippen LogP contribution is -2.23. The normalized spacial score (nSPS) is 14.6. The number of Topliss-reactive ketones (excluding diaryl/α,β-unsaturated/α-hetero) is 1. The molecule has 1 aliphatic carbocycles. The lowest BCUT2D eigenvalue weighted by atomic mass is 9.98. The molecule has 0 unspecified atom stereocenters. The molecule has 0 radical (unpaired) electrons. The summed E-state index contributed by atoms with van der Waals surface area (Å²) >= 11 is 0. The van der Waals surface area contributed by atoms with Gasteiger partial charge in [0.25, 0.3) is 0 Å². The Balaban J connectivity index is 1.73. The summed E-state index contributed by atoms with van der Waals surface area (Å²) in [7, 11) is 0. The summed E-state index contributed by atoms with van der Waals surface area (Å²) in [5, 5.41) is 0. The zero-order valence-corrected chi connectivity index (χ0v) is 14.6. The van der Waals surface area contributed by atoms with Crippen LogP contribution in [0, 0.1) is 6.92 Å². The van der Waals surface area contributed by atoms with Gasteiger partial charge in [0.1, 0.15) is 6.10 Å². The molecule has 0 atom stereocenters. The maximum Gasteiger partial charge on any atom is 0.334 e. The van der Waals surface area contributed by atoms with Crippen molar-refractivity contribution in [3.8, 4) is 0 Å². The number of ether oxygens (including phenoxy) is 2. The molecule has 0 aromatic heterocycles. The largest absolute Gasteiger partial charge is 0.459 e. The van der Waals surface area contributed by atoms with Gasteiger partial charge in [-0.05, 0) is 32.6 Å². The first-order valence-electron chi connectivity index (χ1n) is 8.60. The summed E-state index contributed by atoms with van der Waals surface area (Å²) in [6.07, 6.45) is 4.62. The fraction of sp³-hybridized carbons (Fsp3) is 0.450. The van der Waals surface area contributed by atoms with Crippen molar-refractivity contribution in [1.29, 1.82) is 0 Å². The average Bonchev–Trinajstić information content (AvgIpc) is 2.61. The minimum Gasteiger partial charge on any atom is -0.459 e. The molecule has 0 saturated heterocycles. The highest BCUT2D eigenvalue weighted by atomic mass is 16.5.